The van der Waals surface area contributed by atoms with Crippen LogP contribution in [0.4, 0.5) is 18.0 Å². The molecule has 0 N–H and O–H groups in total. The third-order valence-corrected chi connectivity index (χ3v) is 4.72. The molecule has 2 rings (SSSR count). The highest BCUT2D eigenvalue weighted by molar-refractivity contribution is 9.10. The molecule has 1 aromatic rings. The van der Waals surface area contributed by atoms with Gasteiger partial charge in [0, 0.05) is 22.6 Å². The van der Waals surface area contributed by atoms with E-state index in [1.165, 1.54) is 18.2 Å². The second kappa shape index (κ2) is 6.41. The fourth-order valence-corrected chi connectivity index (χ4v) is 3.63. The van der Waals surface area contributed by atoms with Crippen molar-refractivity contribution in [3.05, 3.63) is 33.3 Å². The molecule has 1 aliphatic rings. The zero-order valence-corrected chi connectivity index (χ0v) is 15.8. The van der Waals surface area contributed by atoms with Gasteiger partial charge in [0.25, 0.3) is 0 Å². The molecule has 0 spiro atoms. The summed E-state index contributed by atoms with van der Waals surface area (Å²) in [6, 6.07) is 4.31. The number of likely N-dealkylation sites (tertiary alicyclic amines) is 1. The van der Waals surface area contributed by atoms with Crippen LogP contribution in [0.3, 0.4) is 0 Å². The maximum Gasteiger partial charge on any atom is 0.410 e. The van der Waals surface area contributed by atoms with Crippen molar-refractivity contribution < 1.29 is 22.7 Å². The van der Waals surface area contributed by atoms with Crippen LogP contribution in [-0.4, -0.2) is 35.9 Å². The number of rotatable bonds is 1. The number of alkyl halides is 3. The van der Waals surface area contributed by atoms with Gasteiger partial charge < -0.3 is 9.64 Å². The van der Waals surface area contributed by atoms with Crippen molar-refractivity contribution in [3.63, 3.8) is 0 Å². The van der Waals surface area contributed by atoms with E-state index in [0.29, 0.717) is 4.47 Å². The first-order valence-electron chi connectivity index (χ1n) is 7.36. The number of hydrogen-bond donors (Lipinski definition) is 0. The second-order valence-electron chi connectivity index (χ2n) is 6.86. The van der Waals surface area contributed by atoms with Crippen LogP contribution in [-0.2, 0) is 10.2 Å². The van der Waals surface area contributed by atoms with Crippen LogP contribution in [0.1, 0.15) is 32.8 Å². The van der Waals surface area contributed by atoms with E-state index in [-0.39, 0.29) is 23.6 Å². The van der Waals surface area contributed by atoms with Crippen LogP contribution < -0.4 is 0 Å². The van der Waals surface area contributed by atoms with Gasteiger partial charge in [-0.1, -0.05) is 33.6 Å². The summed E-state index contributed by atoms with van der Waals surface area (Å²) in [6.45, 7) is 4.46. The Morgan fingerprint density at radius 2 is 1.96 bits per heavy atom. The largest absolute Gasteiger partial charge is 0.444 e. The summed E-state index contributed by atoms with van der Waals surface area (Å²) in [6.07, 6.45) is -5.54. The van der Waals surface area contributed by atoms with Gasteiger partial charge in [0.05, 0.1) is 0 Å². The summed E-state index contributed by atoms with van der Waals surface area (Å²) in [4.78, 5) is 13.2. The van der Waals surface area contributed by atoms with Crippen molar-refractivity contribution in [2.45, 2.75) is 44.4 Å². The number of hydrogen-bond acceptors (Lipinski definition) is 2. The van der Waals surface area contributed by atoms with Gasteiger partial charge in [0.15, 0.2) is 0 Å². The molecule has 0 bridgehead atoms. The van der Waals surface area contributed by atoms with E-state index in [0.717, 1.165) is 4.90 Å². The molecule has 134 valence electrons. The first-order valence-corrected chi connectivity index (χ1v) is 8.53. The van der Waals surface area contributed by atoms with Gasteiger partial charge in [-0.2, -0.15) is 13.2 Å². The molecule has 1 aliphatic heterocycles. The van der Waals surface area contributed by atoms with Gasteiger partial charge in [-0.3, -0.25) is 0 Å². The van der Waals surface area contributed by atoms with Gasteiger partial charge in [-0.05, 0) is 44.9 Å². The van der Waals surface area contributed by atoms with E-state index >= 15 is 0 Å². The Bertz CT molecular complexity index is 645. The molecule has 0 aliphatic carbocycles. The minimum Gasteiger partial charge on any atom is -0.444 e. The van der Waals surface area contributed by atoms with E-state index in [1.807, 2.05) is 0 Å². The number of halogens is 5. The summed E-state index contributed by atoms with van der Waals surface area (Å²) < 4.78 is 47.5. The molecule has 1 fully saturated rings. The minimum atomic E-state index is -4.54. The summed E-state index contributed by atoms with van der Waals surface area (Å²) >= 11 is 9.27. The maximum atomic E-state index is 13.9. The average molecular weight is 429 g/mol. The van der Waals surface area contributed by atoms with Crippen LogP contribution >= 0.6 is 27.5 Å². The quantitative estimate of drug-likeness (QED) is 0.587. The molecule has 3 nitrogen and oxygen atoms in total. The summed E-state index contributed by atoms with van der Waals surface area (Å²) in [7, 11) is 0. The molecule has 0 saturated carbocycles. The summed E-state index contributed by atoms with van der Waals surface area (Å²) in [5.74, 6) is 0. The third-order valence-electron chi connectivity index (χ3n) is 3.91. The van der Waals surface area contributed by atoms with E-state index < -0.39 is 29.8 Å². The Balaban J connectivity index is 2.37. The summed E-state index contributed by atoms with van der Waals surface area (Å²) in [5, 5.41) is 0.0211. The minimum absolute atomic E-state index is 0.0211. The number of carbonyl (C=O) groups is 1. The molecule has 1 atom stereocenters. The van der Waals surface area contributed by atoms with Crippen LogP contribution in [0.5, 0.6) is 0 Å². The lowest BCUT2D eigenvalue weighted by Crippen LogP contribution is -2.46. The fourth-order valence-electron chi connectivity index (χ4n) is 2.77. The van der Waals surface area contributed by atoms with Gasteiger partial charge in [0.2, 0.25) is 0 Å². The topological polar surface area (TPSA) is 29.5 Å². The maximum absolute atomic E-state index is 13.9. The Morgan fingerprint density at radius 3 is 2.46 bits per heavy atom. The van der Waals surface area contributed by atoms with Crippen molar-refractivity contribution in [2.75, 3.05) is 13.1 Å². The highest BCUT2D eigenvalue weighted by Gasteiger charge is 2.60. The van der Waals surface area contributed by atoms with E-state index in [9.17, 15) is 18.0 Å². The smallest absolute Gasteiger partial charge is 0.410 e. The zero-order chi connectivity index (χ0) is 18.3. The number of amides is 1. The predicted molar refractivity (Wildman–Crippen MR) is 89.3 cm³/mol. The molecule has 1 saturated heterocycles. The lowest BCUT2D eigenvalue weighted by Gasteiger charge is -2.33. The molecule has 8 heteroatoms. The Labute approximate surface area is 152 Å². The average Bonchev–Trinajstić information content (AvgIpc) is 2.82. The fraction of sp³-hybridized carbons (Fsp3) is 0.562. The molecular formula is C16H18BrClF3NO2. The lowest BCUT2D eigenvalue weighted by atomic mass is 9.79. The molecule has 1 heterocycles. The van der Waals surface area contributed by atoms with Gasteiger partial charge in [0.1, 0.15) is 11.0 Å². The Hall–Kier alpha value is -0.950. The molecule has 0 radical (unpaired) electrons. The van der Waals surface area contributed by atoms with Crippen LogP contribution in [0.15, 0.2) is 22.7 Å². The van der Waals surface area contributed by atoms with Crippen molar-refractivity contribution >= 4 is 33.6 Å². The van der Waals surface area contributed by atoms with Crippen molar-refractivity contribution in [1.29, 1.82) is 0 Å². The predicted octanol–water partition coefficient (Wildman–Crippen LogP) is 5.54. The van der Waals surface area contributed by atoms with Crippen molar-refractivity contribution in [1.82, 2.24) is 4.90 Å². The molecule has 1 amide bonds. The molecular weight excluding hydrogens is 411 g/mol. The highest BCUT2D eigenvalue weighted by Crippen LogP contribution is 2.50. The van der Waals surface area contributed by atoms with Gasteiger partial charge in [-0.25, -0.2) is 4.79 Å². The Kier molecular flexibility index (Phi) is 5.17. The number of carbonyl (C=O) groups excluding carboxylic acids is 1. The SMILES string of the molecule is CC(C)(C)OC(=O)N1CCC(c2ccc(Br)cc2Cl)(C(F)(F)F)C1. The van der Waals surface area contributed by atoms with E-state index in [2.05, 4.69) is 15.9 Å². The Morgan fingerprint density at radius 1 is 1.33 bits per heavy atom. The first kappa shape index (κ1) is 19.4. The molecule has 0 aromatic heterocycles. The third kappa shape index (κ3) is 3.82. The monoisotopic (exact) mass is 427 g/mol. The van der Waals surface area contributed by atoms with E-state index in [1.54, 1.807) is 20.8 Å². The molecule has 1 unspecified atom stereocenters. The molecule has 1 aromatic carbocycles. The van der Waals surface area contributed by atoms with Crippen LogP contribution in [0.2, 0.25) is 5.02 Å². The van der Waals surface area contributed by atoms with E-state index in [4.69, 9.17) is 16.3 Å². The number of nitrogens with zero attached hydrogens (tertiary/aromatic N) is 1. The second-order valence-corrected chi connectivity index (χ2v) is 8.18. The van der Waals surface area contributed by atoms with Gasteiger partial charge >= 0.3 is 12.3 Å². The standard InChI is InChI=1S/C16H18BrClF3NO2/c1-14(2,3)24-13(23)22-7-6-15(9-22,16(19,20)21)11-5-4-10(17)8-12(11)18/h4-5,8H,6-7,9H2,1-3H3. The highest BCUT2D eigenvalue weighted by atomic mass is 79.9. The van der Waals surface area contributed by atoms with Crippen molar-refractivity contribution in [2.24, 2.45) is 0 Å². The number of benzene rings is 1. The number of ether oxygens (including phenoxy) is 1. The lowest BCUT2D eigenvalue weighted by molar-refractivity contribution is -0.186. The van der Waals surface area contributed by atoms with Crippen LogP contribution in [0.25, 0.3) is 0 Å². The zero-order valence-electron chi connectivity index (χ0n) is 13.5. The molecule has 24 heavy (non-hydrogen) atoms. The first-order chi connectivity index (χ1) is 10.9. The normalized spacial score (nSPS) is 21.9. The van der Waals surface area contributed by atoms with Crippen molar-refractivity contribution in [3.8, 4) is 0 Å². The summed E-state index contributed by atoms with van der Waals surface area (Å²) in [5.41, 5.74) is -2.98. The van der Waals surface area contributed by atoms with Gasteiger partial charge in [-0.15, -0.1) is 0 Å². The van der Waals surface area contributed by atoms with Crippen LogP contribution in [0, 0.1) is 0 Å².